The Hall–Kier alpha value is -1.71. The summed E-state index contributed by atoms with van der Waals surface area (Å²) in [7, 11) is 0. The SMILES string of the molecule is CCC(C)C(=O)Nc1ccc2c(c1)OC(C)(C)O2. The second-order valence-electron chi connectivity index (χ2n) is 5.06. The molecule has 0 fully saturated rings. The summed E-state index contributed by atoms with van der Waals surface area (Å²) in [6, 6.07) is 5.44. The maximum atomic E-state index is 11.8. The van der Waals surface area contributed by atoms with Gasteiger partial charge in [0.15, 0.2) is 11.5 Å². The van der Waals surface area contributed by atoms with E-state index in [1.54, 1.807) is 6.07 Å². The largest absolute Gasteiger partial charge is 0.449 e. The van der Waals surface area contributed by atoms with Crippen LogP contribution in [0.4, 0.5) is 5.69 Å². The minimum atomic E-state index is -0.637. The van der Waals surface area contributed by atoms with Gasteiger partial charge < -0.3 is 14.8 Å². The third kappa shape index (κ3) is 2.58. The van der Waals surface area contributed by atoms with Gasteiger partial charge in [-0.25, -0.2) is 0 Å². The number of amides is 1. The molecule has 1 atom stereocenters. The van der Waals surface area contributed by atoms with E-state index in [9.17, 15) is 4.79 Å². The molecule has 98 valence electrons. The number of rotatable bonds is 3. The van der Waals surface area contributed by atoms with E-state index in [0.717, 1.165) is 12.1 Å². The van der Waals surface area contributed by atoms with E-state index in [2.05, 4.69) is 5.32 Å². The van der Waals surface area contributed by atoms with E-state index in [-0.39, 0.29) is 11.8 Å². The van der Waals surface area contributed by atoms with Gasteiger partial charge in [0.1, 0.15) is 0 Å². The van der Waals surface area contributed by atoms with Gasteiger partial charge >= 0.3 is 0 Å². The molecule has 4 heteroatoms. The third-order valence-electron chi connectivity index (χ3n) is 2.98. The highest BCUT2D eigenvalue weighted by atomic mass is 16.7. The van der Waals surface area contributed by atoms with Crippen LogP contribution in [0.3, 0.4) is 0 Å². The lowest BCUT2D eigenvalue weighted by Gasteiger charge is -2.16. The fourth-order valence-electron chi connectivity index (χ4n) is 1.75. The molecule has 0 aromatic heterocycles. The fraction of sp³-hybridized carbons (Fsp3) is 0.500. The van der Waals surface area contributed by atoms with Crippen LogP contribution in [0, 0.1) is 5.92 Å². The zero-order valence-electron chi connectivity index (χ0n) is 11.2. The smallest absolute Gasteiger partial charge is 0.246 e. The van der Waals surface area contributed by atoms with Gasteiger partial charge in [0.05, 0.1) is 0 Å². The van der Waals surface area contributed by atoms with E-state index in [0.29, 0.717) is 11.5 Å². The Balaban J connectivity index is 2.12. The van der Waals surface area contributed by atoms with Crippen LogP contribution in [0.5, 0.6) is 11.5 Å². The maximum Gasteiger partial charge on any atom is 0.246 e. The molecule has 1 aliphatic rings. The van der Waals surface area contributed by atoms with Crippen LogP contribution < -0.4 is 14.8 Å². The summed E-state index contributed by atoms with van der Waals surface area (Å²) in [5.74, 6) is 0.771. The summed E-state index contributed by atoms with van der Waals surface area (Å²) in [4.78, 5) is 11.8. The number of fused-ring (bicyclic) bond motifs is 1. The number of anilines is 1. The molecule has 0 spiro atoms. The average Bonchev–Trinajstić information content (AvgIpc) is 2.61. The molecular weight excluding hydrogens is 230 g/mol. The van der Waals surface area contributed by atoms with Gasteiger partial charge in [-0.15, -0.1) is 0 Å². The molecule has 0 saturated carbocycles. The van der Waals surface area contributed by atoms with Crippen molar-refractivity contribution in [3.63, 3.8) is 0 Å². The van der Waals surface area contributed by atoms with Crippen molar-refractivity contribution in [3.05, 3.63) is 18.2 Å². The van der Waals surface area contributed by atoms with Gasteiger partial charge in [-0.2, -0.15) is 0 Å². The van der Waals surface area contributed by atoms with Crippen molar-refractivity contribution >= 4 is 11.6 Å². The molecule has 18 heavy (non-hydrogen) atoms. The van der Waals surface area contributed by atoms with Crippen molar-refractivity contribution in [3.8, 4) is 11.5 Å². The number of carbonyl (C=O) groups excluding carboxylic acids is 1. The summed E-state index contributed by atoms with van der Waals surface area (Å²) in [6.07, 6.45) is 0.823. The van der Waals surface area contributed by atoms with E-state index in [1.165, 1.54) is 0 Å². The van der Waals surface area contributed by atoms with Crippen molar-refractivity contribution in [2.75, 3.05) is 5.32 Å². The highest BCUT2D eigenvalue weighted by Crippen LogP contribution is 2.40. The number of benzene rings is 1. The van der Waals surface area contributed by atoms with E-state index < -0.39 is 5.79 Å². The lowest BCUT2D eigenvalue weighted by molar-refractivity contribution is -0.119. The second-order valence-corrected chi connectivity index (χ2v) is 5.06. The minimum Gasteiger partial charge on any atom is -0.449 e. The van der Waals surface area contributed by atoms with Crippen molar-refractivity contribution in [2.45, 2.75) is 39.9 Å². The van der Waals surface area contributed by atoms with Gasteiger partial charge in [-0.05, 0) is 18.6 Å². The first kappa shape index (κ1) is 12.7. The molecule has 1 heterocycles. The zero-order chi connectivity index (χ0) is 13.3. The Morgan fingerprint density at radius 2 is 2.00 bits per heavy atom. The Kier molecular flexibility index (Phi) is 3.20. The number of carbonyl (C=O) groups is 1. The Morgan fingerprint density at radius 1 is 1.33 bits per heavy atom. The third-order valence-corrected chi connectivity index (χ3v) is 2.98. The molecule has 1 aromatic rings. The first-order valence-corrected chi connectivity index (χ1v) is 6.24. The summed E-state index contributed by atoms with van der Waals surface area (Å²) < 4.78 is 11.2. The molecular formula is C14H19NO3. The highest BCUT2D eigenvalue weighted by Gasteiger charge is 2.31. The normalized spacial score (nSPS) is 17.3. The van der Waals surface area contributed by atoms with Crippen LogP contribution in [0.25, 0.3) is 0 Å². The zero-order valence-corrected chi connectivity index (χ0v) is 11.2. The monoisotopic (exact) mass is 249 g/mol. The molecule has 1 aliphatic heterocycles. The lowest BCUT2D eigenvalue weighted by Crippen LogP contribution is -2.29. The molecule has 1 amide bonds. The predicted molar refractivity (Wildman–Crippen MR) is 69.9 cm³/mol. The van der Waals surface area contributed by atoms with E-state index >= 15 is 0 Å². The van der Waals surface area contributed by atoms with Crippen LogP contribution >= 0.6 is 0 Å². The van der Waals surface area contributed by atoms with Crippen LogP contribution in [0.15, 0.2) is 18.2 Å². The highest BCUT2D eigenvalue weighted by molar-refractivity contribution is 5.92. The molecule has 2 rings (SSSR count). The topological polar surface area (TPSA) is 47.6 Å². The molecule has 0 bridgehead atoms. The van der Waals surface area contributed by atoms with Crippen LogP contribution in [-0.2, 0) is 4.79 Å². The van der Waals surface area contributed by atoms with Crippen molar-refractivity contribution in [2.24, 2.45) is 5.92 Å². The van der Waals surface area contributed by atoms with E-state index in [1.807, 2.05) is 39.8 Å². The van der Waals surface area contributed by atoms with Crippen LogP contribution in [0.2, 0.25) is 0 Å². The van der Waals surface area contributed by atoms with Gasteiger partial charge in [0, 0.05) is 31.5 Å². The number of ether oxygens (including phenoxy) is 2. The maximum absolute atomic E-state index is 11.8. The number of nitrogens with one attached hydrogen (secondary N) is 1. The van der Waals surface area contributed by atoms with Crippen molar-refractivity contribution in [1.29, 1.82) is 0 Å². The quantitative estimate of drug-likeness (QED) is 0.895. The summed E-state index contributed by atoms with van der Waals surface area (Å²) in [6.45, 7) is 7.60. The second kappa shape index (κ2) is 4.52. The molecule has 0 radical (unpaired) electrons. The van der Waals surface area contributed by atoms with Gasteiger partial charge in [0.2, 0.25) is 11.7 Å². The van der Waals surface area contributed by atoms with Crippen LogP contribution in [0.1, 0.15) is 34.1 Å². The molecule has 4 nitrogen and oxygen atoms in total. The molecule has 1 unspecified atom stereocenters. The van der Waals surface area contributed by atoms with Gasteiger partial charge in [0.25, 0.3) is 0 Å². The summed E-state index contributed by atoms with van der Waals surface area (Å²) in [5, 5.41) is 2.88. The number of hydrogen-bond donors (Lipinski definition) is 1. The van der Waals surface area contributed by atoms with Crippen molar-refractivity contribution < 1.29 is 14.3 Å². The van der Waals surface area contributed by atoms with Gasteiger partial charge in [-0.3, -0.25) is 4.79 Å². The molecule has 1 N–H and O–H groups in total. The summed E-state index contributed by atoms with van der Waals surface area (Å²) in [5.41, 5.74) is 0.736. The van der Waals surface area contributed by atoms with Gasteiger partial charge in [-0.1, -0.05) is 13.8 Å². The first-order chi connectivity index (χ1) is 8.41. The molecule has 1 aromatic carbocycles. The molecule has 0 aliphatic carbocycles. The van der Waals surface area contributed by atoms with Crippen LogP contribution in [-0.4, -0.2) is 11.7 Å². The Morgan fingerprint density at radius 3 is 2.67 bits per heavy atom. The lowest BCUT2D eigenvalue weighted by atomic mass is 10.1. The average molecular weight is 249 g/mol. The minimum absolute atomic E-state index is 0.00636. The molecule has 0 saturated heterocycles. The fourth-order valence-corrected chi connectivity index (χ4v) is 1.75. The van der Waals surface area contributed by atoms with E-state index in [4.69, 9.17) is 9.47 Å². The number of hydrogen-bond acceptors (Lipinski definition) is 3. The Bertz CT molecular complexity index is 468. The summed E-state index contributed by atoms with van der Waals surface area (Å²) >= 11 is 0. The predicted octanol–water partition coefficient (Wildman–Crippen LogP) is 3.18. The Labute approximate surface area is 107 Å². The van der Waals surface area contributed by atoms with Crippen molar-refractivity contribution in [1.82, 2.24) is 0 Å². The standard InChI is InChI=1S/C14H19NO3/c1-5-9(2)13(16)15-10-6-7-11-12(8-10)18-14(3,4)17-11/h6-9H,5H2,1-4H3,(H,15,16). The first-order valence-electron chi connectivity index (χ1n) is 6.24.